The highest BCUT2D eigenvalue weighted by Gasteiger charge is 2.11. The van der Waals surface area contributed by atoms with Crippen LogP contribution in [0.25, 0.3) is 11.5 Å². The minimum Gasteiger partial charge on any atom is -0.310 e. The smallest absolute Gasteiger partial charge is 0.178 e. The van der Waals surface area contributed by atoms with Crippen LogP contribution in [0.3, 0.4) is 0 Å². The van der Waals surface area contributed by atoms with Gasteiger partial charge in [-0.15, -0.1) is 0 Å². The summed E-state index contributed by atoms with van der Waals surface area (Å²) in [5.41, 5.74) is 4.13. The first-order valence-electron chi connectivity index (χ1n) is 6.61. The van der Waals surface area contributed by atoms with E-state index in [1.165, 1.54) is 0 Å². The monoisotopic (exact) mass is 256 g/mol. The molecule has 4 heteroatoms. The second-order valence-corrected chi connectivity index (χ2v) is 4.73. The maximum atomic E-state index is 4.57. The summed E-state index contributed by atoms with van der Waals surface area (Å²) in [6.07, 6.45) is 3.69. The predicted molar refractivity (Wildman–Crippen MR) is 76.8 cm³/mol. The summed E-state index contributed by atoms with van der Waals surface area (Å²) in [5.74, 6) is 0.689. The van der Waals surface area contributed by atoms with Crippen molar-refractivity contribution in [1.29, 1.82) is 0 Å². The molecule has 0 fully saturated rings. The average Bonchev–Trinajstić information content (AvgIpc) is 2.38. The largest absolute Gasteiger partial charge is 0.310 e. The molecule has 0 aromatic carbocycles. The lowest BCUT2D eigenvalue weighted by atomic mass is 10.1. The van der Waals surface area contributed by atoms with E-state index in [1.54, 1.807) is 6.20 Å². The van der Waals surface area contributed by atoms with Crippen LogP contribution in [0, 0.1) is 13.8 Å². The van der Waals surface area contributed by atoms with Crippen molar-refractivity contribution in [2.24, 2.45) is 0 Å². The van der Waals surface area contributed by atoms with E-state index < -0.39 is 0 Å². The van der Waals surface area contributed by atoms with Gasteiger partial charge in [0.05, 0.1) is 0 Å². The number of hydrogen-bond donors (Lipinski definition) is 1. The molecule has 2 aromatic rings. The lowest BCUT2D eigenvalue weighted by Gasteiger charge is -2.14. The van der Waals surface area contributed by atoms with Crippen molar-refractivity contribution in [3.8, 4) is 11.5 Å². The Morgan fingerprint density at radius 3 is 2.68 bits per heavy atom. The molecule has 0 saturated carbocycles. The van der Waals surface area contributed by atoms with Gasteiger partial charge in [-0.05, 0) is 45.0 Å². The molecule has 0 aliphatic rings. The first-order valence-corrected chi connectivity index (χ1v) is 6.61. The van der Waals surface area contributed by atoms with Crippen molar-refractivity contribution in [1.82, 2.24) is 20.3 Å². The van der Waals surface area contributed by atoms with E-state index in [2.05, 4.69) is 34.1 Å². The molecule has 19 heavy (non-hydrogen) atoms. The highest BCUT2D eigenvalue weighted by Crippen LogP contribution is 2.18. The van der Waals surface area contributed by atoms with E-state index in [9.17, 15) is 0 Å². The summed E-state index contributed by atoms with van der Waals surface area (Å²) in [5, 5.41) is 3.38. The van der Waals surface area contributed by atoms with Crippen molar-refractivity contribution >= 4 is 0 Å². The fourth-order valence-corrected chi connectivity index (χ4v) is 2.10. The lowest BCUT2D eigenvalue weighted by molar-refractivity contribution is 0.590. The van der Waals surface area contributed by atoms with E-state index in [0.29, 0.717) is 5.82 Å². The molecule has 4 nitrogen and oxygen atoms in total. The summed E-state index contributed by atoms with van der Waals surface area (Å²) in [4.78, 5) is 13.3. The first kappa shape index (κ1) is 13.6. The minimum absolute atomic E-state index is 0.268. The van der Waals surface area contributed by atoms with Gasteiger partial charge in [-0.3, -0.25) is 4.98 Å². The first-order chi connectivity index (χ1) is 9.11. The molecule has 100 valence electrons. The van der Waals surface area contributed by atoms with E-state index in [0.717, 1.165) is 29.1 Å². The van der Waals surface area contributed by atoms with Crippen LogP contribution in [-0.4, -0.2) is 21.5 Å². The summed E-state index contributed by atoms with van der Waals surface area (Å²) < 4.78 is 0. The fourth-order valence-electron chi connectivity index (χ4n) is 2.10. The predicted octanol–water partition coefficient (Wildman–Crippen LogP) is 2.83. The fraction of sp³-hybridized carbons (Fsp3) is 0.400. The van der Waals surface area contributed by atoms with Crippen molar-refractivity contribution in [3.05, 3.63) is 41.3 Å². The second-order valence-electron chi connectivity index (χ2n) is 4.73. The molecule has 1 unspecified atom stereocenters. The molecule has 0 bridgehead atoms. The molecule has 0 spiro atoms. The molecule has 0 aliphatic heterocycles. The van der Waals surface area contributed by atoms with Crippen molar-refractivity contribution in [2.45, 2.75) is 33.7 Å². The number of nitrogens with zero attached hydrogens (tertiary/aromatic N) is 3. The van der Waals surface area contributed by atoms with E-state index >= 15 is 0 Å². The Morgan fingerprint density at radius 1 is 1.26 bits per heavy atom. The number of pyridine rings is 1. The van der Waals surface area contributed by atoms with Gasteiger partial charge in [-0.25, -0.2) is 9.97 Å². The molecule has 0 aliphatic carbocycles. The third kappa shape index (κ3) is 3.15. The molecule has 1 atom stereocenters. The SMILES string of the molecule is CCNC(C)c1cnc(-c2cc(C)ccn2)nc1C. The van der Waals surface area contributed by atoms with Crippen LogP contribution in [-0.2, 0) is 0 Å². The van der Waals surface area contributed by atoms with Crippen LogP contribution in [0.5, 0.6) is 0 Å². The molecular formula is C15H20N4. The highest BCUT2D eigenvalue weighted by atomic mass is 14.9. The minimum atomic E-state index is 0.268. The van der Waals surface area contributed by atoms with E-state index in [4.69, 9.17) is 0 Å². The Hall–Kier alpha value is -1.81. The zero-order valence-corrected chi connectivity index (χ0v) is 11.9. The number of hydrogen-bond acceptors (Lipinski definition) is 4. The molecule has 2 aromatic heterocycles. The number of aromatic nitrogens is 3. The average molecular weight is 256 g/mol. The Bertz CT molecular complexity index is 566. The van der Waals surface area contributed by atoms with Gasteiger partial charge in [0.15, 0.2) is 5.82 Å². The van der Waals surface area contributed by atoms with Gasteiger partial charge in [0.25, 0.3) is 0 Å². The Morgan fingerprint density at radius 2 is 2.05 bits per heavy atom. The topological polar surface area (TPSA) is 50.7 Å². The Kier molecular flexibility index (Phi) is 4.22. The molecule has 2 rings (SSSR count). The van der Waals surface area contributed by atoms with E-state index in [1.807, 2.05) is 32.2 Å². The van der Waals surface area contributed by atoms with Crippen molar-refractivity contribution in [3.63, 3.8) is 0 Å². The molecule has 1 N–H and O–H groups in total. The maximum Gasteiger partial charge on any atom is 0.178 e. The summed E-state index contributed by atoms with van der Waals surface area (Å²) >= 11 is 0. The summed E-state index contributed by atoms with van der Waals surface area (Å²) in [7, 11) is 0. The number of nitrogens with one attached hydrogen (secondary N) is 1. The Labute approximate surface area is 114 Å². The molecular weight excluding hydrogens is 236 g/mol. The molecule has 0 radical (unpaired) electrons. The maximum absolute atomic E-state index is 4.57. The van der Waals surface area contributed by atoms with Crippen LogP contribution >= 0.6 is 0 Å². The van der Waals surface area contributed by atoms with E-state index in [-0.39, 0.29) is 6.04 Å². The van der Waals surface area contributed by atoms with Crippen LogP contribution in [0.1, 0.15) is 36.7 Å². The van der Waals surface area contributed by atoms with Crippen LogP contribution in [0.4, 0.5) is 0 Å². The van der Waals surface area contributed by atoms with Gasteiger partial charge in [0.2, 0.25) is 0 Å². The molecule has 0 amide bonds. The van der Waals surface area contributed by atoms with Gasteiger partial charge >= 0.3 is 0 Å². The van der Waals surface area contributed by atoms with Gasteiger partial charge in [0.1, 0.15) is 5.69 Å². The van der Waals surface area contributed by atoms with Gasteiger partial charge in [-0.1, -0.05) is 6.92 Å². The molecule has 0 saturated heterocycles. The van der Waals surface area contributed by atoms with Gasteiger partial charge in [0, 0.05) is 29.7 Å². The van der Waals surface area contributed by atoms with Crippen LogP contribution in [0.2, 0.25) is 0 Å². The van der Waals surface area contributed by atoms with Gasteiger partial charge in [-0.2, -0.15) is 0 Å². The Balaban J connectivity index is 2.33. The second kappa shape index (κ2) is 5.89. The normalized spacial score (nSPS) is 12.4. The van der Waals surface area contributed by atoms with Crippen LogP contribution < -0.4 is 5.32 Å². The zero-order chi connectivity index (χ0) is 13.8. The highest BCUT2D eigenvalue weighted by molar-refractivity contribution is 5.50. The third-order valence-corrected chi connectivity index (χ3v) is 3.14. The quantitative estimate of drug-likeness (QED) is 0.914. The van der Waals surface area contributed by atoms with Crippen molar-refractivity contribution < 1.29 is 0 Å². The van der Waals surface area contributed by atoms with Crippen LogP contribution in [0.15, 0.2) is 24.5 Å². The van der Waals surface area contributed by atoms with Gasteiger partial charge < -0.3 is 5.32 Å². The third-order valence-electron chi connectivity index (χ3n) is 3.14. The summed E-state index contributed by atoms with van der Waals surface area (Å²) in [6, 6.07) is 4.24. The number of aryl methyl sites for hydroxylation is 2. The lowest BCUT2D eigenvalue weighted by Crippen LogP contribution is -2.19. The standard InChI is InChI=1S/C15H20N4/c1-5-16-11(3)13-9-18-15(19-12(13)4)14-8-10(2)6-7-17-14/h6-9,11,16H,5H2,1-4H3. The van der Waals surface area contributed by atoms with Crippen molar-refractivity contribution in [2.75, 3.05) is 6.54 Å². The number of rotatable bonds is 4. The summed E-state index contributed by atoms with van der Waals surface area (Å²) in [6.45, 7) is 9.21. The molecule has 2 heterocycles. The zero-order valence-electron chi connectivity index (χ0n) is 11.9.